The van der Waals surface area contributed by atoms with Crippen molar-refractivity contribution in [2.24, 2.45) is 5.92 Å². The summed E-state index contributed by atoms with van der Waals surface area (Å²) in [5.41, 5.74) is 0.635. The molecule has 1 N–H and O–H groups in total. The topological polar surface area (TPSA) is 62.5 Å². The number of methoxy groups -OCH3 is 2. The van der Waals surface area contributed by atoms with E-state index in [-0.39, 0.29) is 5.92 Å². The Morgan fingerprint density at radius 1 is 1.64 bits per heavy atom. The van der Waals surface area contributed by atoms with Gasteiger partial charge in [0, 0.05) is 12.7 Å². The summed E-state index contributed by atoms with van der Waals surface area (Å²) in [6.45, 7) is 0. The number of nitrogens with zero attached hydrogens (tertiary/aromatic N) is 1. The van der Waals surface area contributed by atoms with Crippen LogP contribution < -0.4 is 0 Å². The molecule has 0 spiro atoms. The molecule has 76 valence electrons. The average Bonchev–Trinajstić information content (AvgIpc) is 2.26. The molecule has 0 radical (unpaired) electrons. The van der Waals surface area contributed by atoms with Gasteiger partial charge in [0.25, 0.3) is 0 Å². The van der Waals surface area contributed by atoms with Crippen molar-refractivity contribution in [2.45, 2.75) is 12.7 Å². The fraction of sp³-hybridized carbons (Fsp3) is 0.500. The summed E-state index contributed by atoms with van der Waals surface area (Å²) < 4.78 is 9.81. The number of aliphatic hydroxyl groups excluding tert-OH is 1. The zero-order chi connectivity index (χ0) is 10.6. The van der Waals surface area contributed by atoms with Gasteiger partial charge in [-0.3, -0.25) is 0 Å². The molecule has 14 heavy (non-hydrogen) atoms. The Balaban J connectivity index is 2.82. The number of ether oxygens (including phenoxy) is 2. The van der Waals surface area contributed by atoms with Crippen LogP contribution >= 0.6 is 0 Å². The van der Waals surface area contributed by atoms with Crippen molar-refractivity contribution in [3.63, 3.8) is 0 Å². The third-order valence-electron chi connectivity index (χ3n) is 2.14. The van der Waals surface area contributed by atoms with Gasteiger partial charge in [0.05, 0.1) is 13.2 Å². The van der Waals surface area contributed by atoms with Gasteiger partial charge in [0.2, 0.25) is 0 Å². The van der Waals surface area contributed by atoms with E-state index in [9.17, 15) is 5.11 Å². The fourth-order valence-corrected chi connectivity index (χ4v) is 1.32. The molecule has 0 aromatic carbocycles. The summed E-state index contributed by atoms with van der Waals surface area (Å²) in [6.07, 6.45) is 3.03. The van der Waals surface area contributed by atoms with Crippen LogP contribution in [0.25, 0.3) is 0 Å². The zero-order valence-corrected chi connectivity index (χ0v) is 8.23. The summed E-state index contributed by atoms with van der Waals surface area (Å²) in [5.74, 6) is 0.314. The minimum Gasteiger partial charge on any atom is -0.500 e. The molecule has 0 bridgehead atoms. The summed E-state index contributed by atoms with van der Waals surface area (Å²) in [7, 11) is 2.93. The average molecular weight is 195 g/mol. The number of hydrogen-bond acceptors (Lipinski definition) is 4. The van der Waals surface area contributed by atoms with Crippen molar-refractivity contribution in [1.82, 2.24) is 0 Å². The maximum absolute atomic E-state index is 9.38. The van der Waals surface area contributed by atoms with Crippen LogP contribution in [0.3, 0.4) is 0 Å². The predicted molar refractivity (Wildman–Crippen MR) is 49.9 cm³/mol. The highest BCUT2D eigenvalue weighted by atomic mass is 16.6. The lowest BCUT2D eigenvalue weighted by Crippen LogP contribution is -2.16. The van der Waals surface area contributed by atoms with Crippen molar-refractivity contribution in [3.05, 3.63) is 23.5 Å². The number of allylic oxidation sites excluding steroid dienone is 2. The van der Waals surface area contributed by atoms with Crippen molar-refractivity contribution in [1.29, 1.82) is 5.26 Å². The van der Waals surface area contributed by atoms with E-state index in [4.69, 9.17) is 14.7 Å². The molecule has 4 heteroatoms. The number of aliphatic hydroxyl groups is 1. The maximum atomic E-state index is 9.38. The normalized spacial score (nSPS) is 23.1. The molecule has 4 nitrogen and oxygen atoms in total. The van der Waals surface area contributed by atoms with Crippen LogP contribution in [0.1, 0.15) is 6.42 Å². The molecule has 0 aliphatic heterocycles. The highest BCUT2D eigenvalue weighted by Crippen LogP contribution is 2.25. The number of nitriles is 1. The van der Waals surface area contributed by atoms with Crippen molar-refractivity contribution < 1.29 is 14.6 Å². The lowest BCUT2D eigenvalue weighted by Gasteiger charge is -2.19. The lowest BCUT2D eigenvalue weighted by molar-refractivity contribution is -0.0429. The van der Waals surface area contributed by atoms with Gasteiger partial charge in [-0.15, -0.1) is 0 Å². The second kappa shape index (κ2) is 4.80. The second-order valence-electron chi connectivity index (χ2n) is 2.96. The molecule has 0 amide bonds. The molecule has 0 aromatic rings. The van der Waals surface area contributed by atoms with E-state index in [0.29, 0.717) is 17.8 Å². The molecule has 0 saturated heterocycles. The minimum atomic E-state index is -0.945. The smallest absolute Gasteiger partial charge is 0.180 e. The lowest BCUT2D eigenvalue weighted by atomic mass is 9.95. The van der Waals surface area contributed by atoms with Crippen LogP contribution in [-0.2, 0) is 9.47 Å². The highest BCUT2D eigenvalue weighted by molar-refractivity contribution is 5.31. The third kappa shape index (κ3) is 2.13. The number of hydrogen-bond donors (Lipinski definition) is 1. The monoisotopic (exact) mass is 195 g/mol. The van der Waals surface area contributed by atoms with E-state index in [1.165, 1.54) is 14.2 Å². The van der Waals surface area contributed by atoms with Gasteiger partial charge in [-0.2, -0.15) is 5.26 Å². The standard InChI is InChI=1S/C10H13NO3/c1-13-9-5-7(10(12)14-2)3-4-8(9)6-11/h3,5,8,10,12H,4H2,1-2H3. The SMILES string of the molecule is COC1=CC(C(O)OC)=CCC1C#N. The summed E-state index contributed by atoms with van der Waals surface area (Å²) in [5, 5.41) is 18.2. The molecule has 0 saturated carbocycles. The Hall–Kier alpha value is -1.31. The van der Waals surface area contributed by atoms with Crippen LogP contribution in [0, 0.1) is 17.2 Å². The first-order chi connectivity index (χ1) is 6.72. The number of rotatable bonds is 3. The van der Waals surface area contributed by atoms with Crippen LogP contribution in [-0.4, -0.2) is 25.6 Å². The Morgan fingerprint density at radius 3 is 2.86 bits per heavy atom. The van der Waals surface area contributed by atoms with Gasteiger partial charge < -0.3 is 14.6 Å². The van der Waals surface area contributed by atoms with Gasteiger partial charge in [-0.1, -0.05) is 6.08 Å². The minimum absolute atomic E-state index is 0.257. The van der Waals surface area contributed by atoms with E-state index in [1.54, 1.807) is 12.2 Å². The van der Waals surface area contributed by atoms with Gasteiger partial charge in [-0.25, -0.2) is 0 Å². The molecule has 1 aliphatic carbocycles. The van der Waals surface area contributed by atoms with Crippen LogP contribution in [0.2, 0.25) is 0 Å². The first-order valence-corrected chi connectivity index (χ1v) is 4.29. The van der Waals surface area contributed by atoms with E-state index in [2.05, 4.69) is 6.07 Å². The largest absolute Gasteiger partial charge is 0.500 e. The molecular formula is C10H13NO3. The summed E-state index contributed by atoms with van der Waals surface area (Å²) in [4.78, 5) is 0. The second-order valence-corrected chi connectivity index (χ2v) is 2.96. The van der Waals surface area contributed by atoms with Crippen LogP contribution in [0.4, 0.5) is 0 Å². The Bertz CT molecular complexity index is 301. The van der Waals surface area contributed by atoms with Gasteiger partial charge >= 0.3 is 0 Å². The zero-order valence-electron chi connectivity index (χ0n) is 8.23. The molecule has 0 aromatic heterocycles. The molecule has 0 fully saturated rings. The van der Waals surface area contributed by atoms with E-state index in [1.807, 2.05) is 0 Å². The molecule has 1 rings (SSSR count). The molecular weight excluding hydrogens is 182 g/mol. The molecule has 0 heterocycles. The molecule has 1 aliphatic rings. The van der Waals surface area contributed by atoms with Crippen molar-refractivity contribution in [2.75, 3.05) is 14.2 Å². The highest BCUT2D eigenvalue weighted by Gasteiger charge is 2.21. The van der Waals surface area contributed by atoms with Crippen molar-refractivity contribution in [3.8, 4) is 6.07 Å². The first-order valence-electron chi connectivity index (χ1n) is 4.29. The van der Waals surface area contributed by atoms with Gasteiger partial charge in [0.15, 0.2) is 6.29 Å². The van der Waals surface area contributed by atoms with Crippen molar-refractivity contribution >= 4 is 0 Å². The Morgan fingerprint density at radius 2 is 2.36 bits per heavy atom. The van der Waals surface area contributed by atoms with Crippen LogP contribution in [0.15, 0.2) is 23.5 Å². The Labute approximate surface area is 83.1 Å². The van der Waals surface area contributed by atoms with Crippen LogP contribution in [0.5, 0.6) is 0 Å². The Kier molecular flexibility index (Phi) is 3.69. The predicted octanol–water partition coefficient (Wildman–Crippen LogP) is 0.951. The summed E-state index contributed by atoms with van der Waals surface area (Å²) in [6, 6.07) is 2.12. The fourth-order valence-electron chi connectivity index (χ4n) is 1.32. The summed E-state index contributed by atoms with van der Waals surface area (Å²) >= 11 is 0. The molecule has 2 atom stereocenters. The van der Waals surface area contributed by atoms with Gasteiger partial charge in [0.1, 0.15) is 11.7 Å². The first kappa shape index (κ1) is 10.8. The van der Waals surface area contributed by atoms with E-state index in [0.717, 1.165) is 0 Å². The van der Waals surface area contributed by atoms with E-state index < -0.39 is 6.29 Å². The quantitative estimate of drug-likeness (QED) is 0.681. The molecule has 2 unspecified atom stereocenters. The third-order valence-corrected chi connectivity index (χ3v) is 2.14. The maximum Gasteiger partial charge on any atom is 0.180 e. The van der Waals surface area contributed by atoms with E-state index >= 15 is 0 Å². The van der Waals surface area contributed by atoms with Gasteiger partial charge in [-0.05, 0) is 12.5 Å².